The Morgan fingerprint density at radius 3 is 2.58 bits per heavy atom. The van der Waals surface area contributed by atoms with Gasteiger partial charge in [0.2, 0.25) is 0 Å². The Hall–Kier alpha value is -1.63. The fraction of sp³-hybridized carbons (Fsp3) is 0.308. The minimum atomic E-state index is -1.44. The van der Waals surface area contributed by atoms with Crippen LogP contribution in [0.1, 0.15) is 11.6 Å². The van der Waals surface area contributed by atoms with E-state index in [9.17, 15) is 0 Å². The van der Waals surface area contributed by atoms with E-state index < -0.39 is 7.12 Å². The predicted molar refractivity (Wildman–Crippen MR) is 72.8 cm³/mol. The van der Waals surface area contributed by atoms with Crippen LogP contribution >= 0.6 is 0 Å². The SMILES string of the molecule is OB(O)c1cnn(C2CN(Cc3ccccc3)C2)c1. The molecule has 2 N–H and O–H groups in total. The maximum absolute atomic E-state index is 9.05. The van der Waals surface area contributed by atoms with E-state index in [1.165, 1.54) is 11.8 Å². The number of nitrogens with zero attached hydrogens (tertiary/aromatic N) is 3. The normalized spacial score (nSPS) is 16.3. The third-order valence-electron chi connectivity index (χ3n) is 3.48. The van der Waals surface area contributed by atoms with Gasteiger partial charge in [0.05, 0.1) is 6.04 Å². The molecule has 0 unspecified atom stereocenters. The number of likely N-dealkylation sites (tertiary alicyclic amines) is 1. The highest BCUT2D eigenvalue weighted by atomic mass is 16.4. The van der Waals surface area contributed by atoms with Gasteiger partial charge < -0.3 is 10.0 Å². The summed E-state index contributed by atoms with van der Waals surface area (Å²) in [4.78, 5) is 2.34. The second-order valence-electron chi connectivity index (χ2n) is 4.96. The summed E-state index contributed by atoms with van der Waals surface area (Å²) >= 11 is 0. The first-order valence-electron chi connectivity index (χ1n) is 6.39. The van der Waals surface area contributed by atoms with Crippen LogP contribution in [0.5, 0.6) is 0 Å². The second kappa shape index (κ2) is 5.17. The minimum Gasteiger partial charge on any atom is -0.423 e. The Balaban J connectivity index is 1.55. The molecule has 0 saturated carbocycles. The number of benzene rings is 1. The smallest absolute Gasteiger partial charge is 0.423 e. The molecule has 2 aromatic rings. The summed E-state index contributed by atoms with van der Waals surface area (Å²) in [7, 11) is -1.44. The molecule has 1 aliphatic rings. The van der Waals surface area contributed by atoms with Crippen LogP contribution in [-0.2, 0) is 6.54 Å². The van der Waals surface area contributed by atoms with Gasteiger partial charge in [0.1, 0.15) is 0 Å². The summed E-state index contributed by atoms with van der Waals surface area (Å²) in [5.74, 6) is 0. The van der Waals surface area contributed by atoms with Crippen LogP contribution in [0.15, 0.2) is 42.7 Å². The lowest BCUT2D eigenvalue weighted by molar-refractivity contribution is 0.0909. The zero-order chi connectivity index (χ0) is 13.2. The number of hydrogen-bond acceptors (Lipinski definition) is 4. The highest BCUT2D eigenvalue weighted by molar-refractivity contribution is 6.58. The van der Waals surface area contributed by atoms with Crippen molar-refractivity contribution in [1.29, 1.82) is 0 Å². The molecular weight excluding hydrogens is 241 g/mol. The zero-order valence-corrected chi connectivity index (χ0v) is 10.6. The molecule has 0 amide bonds. The van der Waals surface area contributed by atoms with Gasteiger partial charge in [-0.3, -0.25) is 9.58 Å². The predicted octanol–water partition coefficient (Wildman–Crippen LogP) is -0.380. The van der Waals surface area contributed by atoms with Crippen molar-refractivity contribution in [2.75, 3.05) is 13.1 Å². The van der Waals surface area contributed by atoms with Crippen LogP contribution in [0.3, 0.4) is 0 Å². The fourth-order valence-electron chi connectivity index (χ4n) is 2.37. The van der Waals surface area contributed by atoms with Crippen molar-refractivity contribution < 1.29 is 10.0 Å². The molecule has 0 spiro atoms. The number of aromatic nitrogens is 2. The highest BCUT2D eigenvalue weighted by Crippen LogP contribution is 2.21. The fourth-order valence-corrected chi connectivity index (χ4v) is 2.37. The van der Waals surface area contributed by atoms with E-state index in [4.69, 9.17) is 10.0 Å². The Morgan fingerprint density at radius 1 is 1.21 bits per heavy atom. The van der Waals surface area contributed by atoms with Gasteiger partial charge in [-0.05, 0) is 5.56 Å². The number of rotatable bonds is 4. The van der Waals surface area contributed by atoms with Crippen molar-refractivity contribution in [3.63, 3.8) is 0 Å². The molecule has 6 heteroatoms. The van der Waals surface area contributed by atoms with Gasteiger partial charge in [0.25, 0.3) is 0 Å². The monoisotopic (exact) mass is 257 g/mol. The first kappa shape index (κ1) is 12.4. The van der Waals surface area contributed by atoms with Crippen molar-refractivity contribution in [1.82, 2.24) is 14.7 Å². The van der Waals surface area contributed by atoms with Gasteiger partial charge >= 0.3 is 7.12 Å². The van der Waals surface area contributed by atoms with E-state index in [1.807, 2.05) is 10.7 Å². The summed E-state index contributed by atoms with van der Waals surface area (Å²) < 4.78 is 1.82. The lowest BCUT2D eigenvalue weighted by atomic mass is 9.83. The maximum atomic E-state index is 9.05. The van der Waals surface area contributed by atoms with Crippen LogP contribution in [-0.4, -0.2) is 44.9 Å². The molecule has 1 aliphatic heterocycles. The van der Waals surface area contributed by atoms with Crippen LogP contribution in [0, 0.1) is 0 Å². The lowest BCUT2D eigenvalue weighted by Crippen LogP contribution is -2.47. The van der Waals surface area contributed by atoms with Gasteiger partial charge in [-0.1, -0.05) is 30.3 Å². The van der Waals surface area contributed by atoms with E-state index in [0.717, 1.165) is 19.6 Å². The molecule has 5 nitrogen and oxygen atoms in total. The summed E-state index contributed by atoms with van der Waals surface area (Å²) in [5.41, 5.74) is 1.76. The van der Waals surface area contributed by atoms with E-state index >= 15 is 0 Å². The molecule has 1 fully saturated rings. The molecule has 1 aromatic carbocycles. The Morgan fingerprint density at radius 2 is 1.95 bits per heavy atom. The summed E-state index contributed by atoms with van der Waals surface area (Å²) in [6.07, 6.45) is 3.21. The van der Waals surface area contributed by atoms with Crippen molar-refractivity contribution in [3.8, 4) is 0 Å². The van der Waals surface area contributed by atoms with Gasteiger partial charge in [-0.15, -0.1) is 0 Å². The van der Waals surface area contributed by atoms with E-state index in [0.29, 0.717) is 11.5 Å². The van der Waals surface area contributed by atoms with E-state index in [1.54, 1.807) is 6.20 Å². The quantitative estimate of drug-likeness (QED) is 0.733. The molecule has 0 aliphatic carbocycles. The largest absolute Gasteiger partial charge is 0.491 e. The molecular formula is C13H16BN3O2. The topological polar surface area (TPSA) is 61.5 Å². The average Bonchev–Trinajstić information content (AvgIpc) is 2.84. The van der Waals surface area contributed by atoms with Crippen LogP contribution in [0.2, 0.25) is 0 Å². The van der Waals surface area contributed by atoms with Crippen molar-refractivity contribution in [2.24, 2.45) is 0 Å². The Bertz CT molecular complexity index is 538. The molecule has 0 radical (unpaired) electrons. The Kier molecular flexibility index (Phi) is 3.37. The van der Waals surface area contributed by atoms with Crippen molar-refractivity contribution >= 4 is 12.6 Å². The maximum Gasteiger partial charge on any atom is 0.491 e. The first-order valence-corrected chi connectivity index (χ1v) is 6.39. The molecule has 1 aromatic heterocycles. The first-order chi connectivity index (χ1) is 9.22. The summed E-state index contributed by atoms with van der Waals surface area (Å²) in [5, 5.41) is 22.3. The van der Waals surface area contributed by atoms with Crippen LogP contribution in [0.25, 0.3) is 0 Å². The molecule has 2 heterocycles. The average molecular weight is 257 g/mol. The molecule has 98 valence electrons. The van der Waals surface area contributed by atoms with Gasteiger partial charge in [-0.25, -0.2) is 0 Å². The lowest BCUT2D eigenvalue weighted by Gasteiger charge is -2.39. The van der Waals surface area contributed by atoms with Gasteiger partial charge in [-0.2, -0.15) is 5.10 Å². The minimum absolute atomic E-state index is 0.330. The van der Waals surface area contributed by atoms with Crippen molar-refractivity contribution in [2.45, 2.75) is 12.6 Å². The third-order valence-corrected chi connectivity index (χ3v) is 3.48. The molecule has 0 bridgehead atoms. The van der Waals surface area contributed by atoms with Crippen molar-refractivity contribution in [3.05, 3.63) is 48.3 Å². The summed E-state index contributed by atoms with van der Waals surface area (Å²) in [6.45, 7) is 2.84. The third kappa shape index (κ3) is 2.70. The van der Waals surface area contributed by atoms with Gasteiger partial charge in [0, 0.05) is 37.5 Å². The standard InChI is InChI=1S/C13H16BN3O2/c18-14(19)12-6-15-17(8-12)13-9-16(10-13)7-11-4-2-1-3-5-11/h1-6,8,13,18-19H,7,9-10H2. The van der Waals surface area contributed by atoms with E-state index in [-0.39, 0.29) is 0 Å². The van der Waals surface area contributed by atoms with Crippen LogP contribution < -0.4 is 5.46 Å². The highest BCUT2D eigenvalue weighted by Gasteiger charge is 2.29. The number of hydrogen-bond donors (Lipinski definition) is 2. The zero-order valence-electron chi connectivity index (χ0n) is 10.6. The molecule has 19 heavy (non-hydrogen) atoms. The Labute approximate surface area is 112 Å². The molecule has 1 saturated heterocycles. The summed E-state index contributed by atoms with van der Waals surface area (Å²) in [6, 6.07) is 10.7. The second-order valence-corrected chi connectivity index (χ2v) is 4.96. The van der Waals surface area contributed by atoms with Crippen LogP contribution in [0.4, 0.5) is 0 Å². The van der Waals surface area contributed by atoms with E-state index in [2.05, 4.69) is 34.3 Å². The van der Waals surface area contributed by atoms with Gasteiger partial charge in [0.15, 0.2) is 0 Å². The molecule has 0 atom stereocenters. The molecule has 3 rings (SSSR count).